The number of rotatable bonds is 5. The molecule has 3 nitrogen and oxygen atoms in total. The van der Waals surface area contributed by atoms with E-state index < -0.39 is 10.0 Å². The molecule has 0 amide bonds. The molecule has 0 aromatic heterocycles. The number of sulfonamides is 1. The van der Waals surface area contributed by atoms with Gasteiger partial charge >= 0.3 is 0 Å². The minimum Gasteiger partial charge on any atom is -0.207 e. The minimum absolute atomic E-state index is 0.417. The van der Waals surface area contributed by atoms with Crippen molar-refractivity contribution >= 4 is 10.0 Å². The first kappa shape index (κ1) is 15.5. The fourth-order valence-corrected chi connectivity index (χ4v) is 4.52. The number of hydrogen-bond acceptors (Lipinski definition) is 2. The number of hydrogen-bond donors (Lipinski definition) is 0. The molecule has 0 bridgehead atoms. The van der Waals surface area contributed by atoms with Gasteiger partial charge in [-0.05, 0) is 36.5 Å². The van der Waals surface area contributed by atoms with Gasteiger partial charge in [0.05, 0.1) is 4.90 Å². The van der Waals surface area contributed by atoms with Crippen LogP contribution in [0.2, 0.25) is 0 Å². The van der Waals surface area contributed by atoms with Crippen LogP contribution in [0.3, 0.4) is 0 Å². The standard InChI is InChI=1S/C16H25NO2S/c1-3-17(4-2)20(18,19)16-12-10-15(11-13-16)14-8-6-5-7-9-14/h10-14H,3-9H2,1-2H3. The molecule has 1 aliphatic carbocycles. The van der Waals surface area contributed by atoms with Crippen molar-refractivity contribution in [3.8, 4) is 0 Å². The van der Waals surface area contributed by atoms with E-state index in [9.17, 15) is 8.42 Å². The van der Waals surface area contributed by atoms with Gasteiger partial charge in [0.25, 0.3) is 0 Å². The van der Waals surface area contributed by atoms with Gasteiger partial charge in [0.2, 0.25) is 10.0 Å². The van der Waals surface area contributed by atoms with E-state index in [-0.39, 0.29) is 0 Å². The maximum Gasteiger partial charge on any atom is 0.243 e. The Bertz CT molecular complexity index is 512. The molecule has 0 aliphatic heterocycles. The molecule has 1 aliphatic rings. The summed E-state index contributed by atoms with van der Waals surface area (Å²) in [5, 5.41) is 0. The summed E-state index contributed by atoms with van der Waals surface area (Å²) in [5.74, 6) is 0.619. The summed E-state index contributed by atoms with van der Waals surface area (Å²) in [6.45, 7) is 4.78. The first-order valence-electron chi connectivity index (χ1n) is 7.69. The molecule has 0 spiro atoms. The first-order chi connectivity index (χ1) is 9.59. The van der Waals surface area contributed by atoms with Gasteiger partial charge in [0.15, 0.2) is 0 Å². The van der Waals surface area contributed by atoms with Crippen LogP contribution in [0.1, 0.15) is 57.4 Å². The van der Waals surface area contributed by atoms with Crippen LogP contribution in [0.4, 0.5) is 0 Å². The molecule has 1 aromatic rings. The van der Waals surface area contributed by atoms with Crippen molar-refractivity contribution in [2.45, 2.75) is 56.8 Å². The van der Waals surface area contributed by atoms with Gasteiger partial charge in [-0.1, -0.05) is 45.2 Å². The second-order valence-corrected chi connectivity index (χ2v) is 7.43. The van der Waals surface area contributed by atoms with Crippen molar-refractivity contribution < 1.29 is 8.42 Å². The average Bonchev–Trinajstić information content (AvgIpc) is 2.49. The Morgan fingerprint density at radius 3 is 2.05 bits per heavy atom. The van der Waals surface area contributed by atoms with Crippen LogP contribution in [0, 0.1) is 0 Å². The summed E-state index contributed by atoms with van der Waals surface area (Å²) in [7, 11) is -3.32. The monoisotopic (exact) mass is 295 g/mol. The molecule has 1 aromatic carbocycles. The van der Waals surface area contributed by atoms with E-state index in [0.29, 0.717) is 23.9 Å². The highest BCUT2D eigenvalue weighted by Crippen LogP contribution is 2.33. The van der Waals surface area contributed by atoms with Gasteiger partial charge < -0.3 is 0 Å². The van der Waals surface area contributed by atoms with Gasteiger partial charge in [-0.3, -0.25) is 0 Å². The minimum atomic E-state index is -3.32. The Kier molecular flexibility index (Phi) is 5.22. The van der Waals surface area contributed by atoms with Crippen LogP contribution in [0.5, 0.6) is 0 Å². The molecule has 0 N–H and O–H groups in total. The van der Waals surface area contributed by atoms with Gasteiger partial charge in [-0.15, -0.1) is 0 Å². The Morgan fingerprint density at radius 2 is 1.55 bits per heavy atom. The highest BCUT2D eigenvalue weighted by atomic mass is 32.2. The fourth-order valence-electron chi connectivity index (χ4n) is 3.06. The maximum atomic E-state index is 12.4. The lowest BCUT2D eigenvalue weighted by Crippen LogP contribution is -2.30. The molecule has 0 saturated heterocycles. The molecule has 0 atom stereocenters. The second-order valence-electron chi connectivity index (χ2n) is 5.49. The summed E-state index contributed by atoms with van der Waals surface area (Å²) < 4.78 is 26.3. The quantitative estimate of drug-likeness (QED) is 0.829. The summed E-state index contributed by atoms with van der Waals surface area (Å²) in [6, 6.07) is 7.56. The summed E-state index contributed by atoms with van der Waals surface area (Å²) in [4.78, 5) is 0.417. The highest BCUT2D eigenvalue weighted by molar-refractivity contribution is 7.89. The van der Waals surface area contributed by atoms with Crippen molar-refractivity contribution in [1.82, 2.24) is 4.31 Å². The lowest BCUT2D eigenvalue weighted by molar-refractivity contribution is 0.441. The summed E-state index contributed by atoms with van der Waals surface area (Å²) in [6.07, 6.45) is 6.41. The number of nitrogens with zero attached hydrogens (tertiary/aromatic N) is 1. The molecule has 0 unspecified atom stereocenters. The Balaban J connectivity index is 2.19. The topological polar surface area (TPSA) is 37.4 Å². The molecule has 2 rings (SSSR count). The Morgan fingerprint density at radius 1 is 1.00 bits per heavy atom. The van der Waals surface area contributed by atoms with Crippen molar-refractivity contribution in [2.75, 3.05) is 13.1 Å². The van der Waals surface area contributed by atoms with E-state index >= 15 is 0 Å². The van der Waals surface area contributed by atoms with E-state index in [1.807, 2.05) is 26.0 Å². The van der Waals surface area contributed by atoms with Crippen LogP contribution in [0.25, 0.3) is 0 Å². The molecule has 20 heavy (non-hydrogen) atoms. The third-order valence-corrected chi connectivity index (χ3v) is 6.36. The predicted octanol–water partition coefficient (Wildman–Crippen LogP) is 3.76. The van der Waals surface area contributed by atoms with Crippen LogP contribution in [-0.2, 0) is 10.0 Å². The highest BCUT2D eigenvalue weighted by Gasteiger charge is 2.22. The lowest BCUT2D eigenvalue weighted by atomic mass is 9.84. The van der Waals surface area contributed by atoms with Gasteiger partial charge in [-0.2, -0.15) is 4.31 Å². The van der Waals surface area contributed by atoms with Gasteiger partial charge in [0, 0.05) is 13.1 Å². The second kappa shape index (κ2) is 6.72. The smallest absolute Gasteiger partial charge is 0.207 e. The fraction of sp³-hybridized carbons (Fsp3) is 0.625. The van der Waals surface area contributed by atoms with Crippen molar-refractivity contribution in [2.24, 2.45) is 0 Å². The predicted molar refractivity (Wildman–Crippen MR) is 82.4 cm³/mol. The zero-order valence-corrected chi connectivity index (χ0v) is 13.3. The molecule has 4 heteroatoms. The average molecular weight is 295 g/mol. The zero-order valence-electron chi connectivity index (χ0n) is 12.5. The van der Waals surface area contributed by atoms with Crippen molar-refractivity contribution in [1.29, 1.82) is 0 Å². The number of benzene rings is 1. The Labute approximate surface area is 123 Å². The normalized spacial score (nSPS) is 17.6. The molecule has 0 heterocycles. The van der Waals surface area contributed by atoms with E-state index in [2.05, 4.69) is 0 Å². The Hall–Kier alpha value is -0.870. The third kappa shape index (κ3) is 3.23. The van der Waals surface area contributed by atoms with E-state index in [1.54, 1.807) is 12.1 Å². The SMILES string of the molecule is CCN(CC)S(=O)(=O)c1ccc(C2CCCCC2)cc1. The maximum absolute atomic E-state index is 12.4. The third-order valence-electron chi connectivity index (χ3n) is 4.30. The summed E-state index contributed by atoms with van der Waals surface area (Å²) in [5.41, 5.74) is 1.29. The van der Waals surface area contributed by atoms with Crippen LogP contribution < -0.4 is 0 Å². The molecule has 1 saturated carbocycles. The van der Waals surface area contributed by atoms with Crippen LogP contribution in [0.15, 0.2) is 29.2 Å². The molecular formula is C16H25NO2S. The lowest BCUT2D eigenvalue weighted by Gasteiger charge is -2.23. The van der Waals surface area contributed by atoms with E-state index in [0.717, 1.165) is 0 Å². The van der Waals surface area contributed by atoms with Gasteiger partial charge in [-0.25, -0.2) is 8.42 Å². The van der Waals surface area contributed by atoms with E-state index in [4.69, 9.17) is 0 Å². The van der Waals surface area contributed by atoms with E-state index in [1.165, 1.54) is 42.0 Å². The molecule has 112 valence electrons. The summed E-state index contributed by atoms with van der Waals surface area (Å²) >= 11 is 0. The van der Waals surface area contributed by atoms with Crippen molar-refractivity contribution in [3.63, 3.8) is 0 Å². The van der Waals surface area contributed by atoms with Gasteiger partial charge in [0.1, 0.15) is 0 Å². The zero-order chi connectivity index (χ0) is 14.6. The largest absolute Gasteiger partial charge is 0.243 e. The molecule has 0 radical (unpaired) electrons. The first-order valence-corrected chi connectivity index (χ1v) is 9.13. The molecular weight excluding hydrogens is 270 g/mol. The van der Waals surface area contributed by atoms with Crippen LogP contribution >= 0.6 is 0 Å². The molecule has 1 fully saturated rings. The van der Waals surface area contributed by atoms with Crippen molar-refractivity contribution in [3.05, 3.63) is 29.8 Å². The van der Waals surface area contributed by atoms with Crippen LogP contribution in [-0.4, -0.2) is 25.8 Å².